The molecule has 0 aliphatic heterocycles. The molecular formula is C23H19N5O4S. The van der Waals surface area contributed by atoms with E-state index in [0.717, 1.165) is 22.5 Å². The lowest BCUT2D eigenvalue weighted by Gasteiger charge is -2.11. The van der Waals surface area contributed by atoms with Crippen LogP contribution in [0.15, 0.2) is 67.0 Å². The van der Waals surface area contributed by atoms with E-state index in [9.17, 15) is 9.59 Å². The molecule has 3 N–H and O–H groups in total. The summed E-state index contributed by atoms with van der Waals surface area (Å²) < 4.78 is 11.1. The lowest BCUT2D eigenvalue weighted by molar-refractivity contribution is 0.0997. The lowest BCUT2D eigenvalue weighted by Crippen LogP contribution is -2.13. The summed E-state index contributed by atoms with van der Waals surface area (Å²) in [7, 11) is 1.57. The number of hydrogen-bond donors (Lipinski definition) is 2. The molecule has 0 saturated carbocycles. The van der Waals surface area contributed by atoms with Gasteiger partial charge in [0.25, 0.3) is 11.1 Å². The molecule has 0 unspecified atom stereocenters. The third-order valence-corrected chi connectivity index (χ3v) is 5.44. The van der Waals surface area contributed by atoms with Crippen molar-refractivity contribution >= 4 is 28.3 Å². The maximum Gasteiger partial charge on any atom is 0.296 e. The molecule has 0 bridgehead atoms. The molecule has 33 heavy (non-hydrogen) atoms. The van der Waals surface area contributed by atoms with Crippen molar-refractivity contribution in [1.29, 1.82) is 0 Å². The van der Waals surface area contributed by atoms with Gasteiger partial charge in [0, 0.05) is 29.1 Å². The van der Waals surface area contributed by atoms with Gasteiger partial charge in [0.1, 0.15) is 12.4 Å². The number of pyridine rings is 1. The quantitative estimate of drug-likeness (QED) is 0.410. The van der Waals surface area contributed by atoms with Crippen molar-refractivity contribution in [2.24, 2.45) is 5.73 Å². The Morgan fingerprint density at radius 3 is 2.58 bits per heavy atom. The Morgan fingerprint density at radius 1 is 1.03 bits per heavy atom. The van der Waals surface area contributed by atoms with Crippen LogP contribution in [-0.4, -0.2) is 34.1 Å². The molecule has 0 fully saturated rings. The molecule has 0 atom stereocenters. The van der Waals surface area contributed by atoms with Crippen molar-refractivity contribution in [3.8, 4) is 22.1 Å². The van der Waals surface area contributed by atoms with Gasteiger partial charge >= 0.3 is 0 Å². The van der Waals surface area contributed by atoms with Gasteiger partial charge in [-0.25, -0.2) is 0 Å². The first kappa shape index (κ1) is 21.9. The number of nitrogens with one attached hydrogen (secondary N) is 1. The molecule has 0 spiro atoms. The molecule has 0 radical (unpaired) electrons. The van der Waals surface area contributed by atoms with E-state index in [0.29, 0.717) is 32.8 Å². The van der Waals surface area contributed by atoms with Gasteiger partial charge in [0.15, 0.2) is 0 Å². The Balaban J connectivity index is 1.45. The Hall–Kier alpha value is -4.31. The number of para-hydroxylation sites is 1. The van der Waals surface area contributed by atoms with Gasteiger partial charge in [-0.1, -0.05) is 35.4 Å². The Kier molecular flexibility index (Phi) is 6.56. The van der Waals surface area contributed by atoms with Gasteiger partial charge in [-0.2, -0.15) is 0 Å². The number of anilines is 1. The summed E-state index contributed by atoms with van der Waals surface area (Å²) in [5.41, 5.74) is 8.29. The van der Waals surface area contributed by atoms with Gasteiger partial charge in [-0.15, -0.1) is 5.10 Å². The zero-order chi connectivity index (χ0) is 23.2. The summed E-state index contributed by atoms with van der Waals surface area (Å²) in [5, 5.41) is 11.3. The summed E-state index contributed by atoms with van der Waals surface area (Å²) in [6, 6.07) is 15.8. The number of methoxy groups -OCH3 is 1. The zero-order valence-corrected chi connectivity index (χ0v) is 18.3. The van der Waals surface area contributed by atoms with E-state index in [1.807, 2.05) is 24.3 Å². The molecule has 166 valence electrons. The van der Waals surface area contributed by atoms with Crippen molar-refractivity contribution in [3.63, 3.8) is 0 Å². The Labute approximate surface area is 193 Å². The van der Waals surface area contributed by atoms with Crippen LogP contribution in [0.2, 0.25) is 0 Å². The second kappa shape index (κ2) is 9.88. The molecule has 2 amide bonds. The predicted molar refractivity (Wildman–Crippen MR) is 123 cm³/mol. The first-order valence-electron chi connectivity index (χ1n) is 9.79. The number of amides is 2. The fourth-order valence-corrected chi connectivity index (χ4v) is 3.66. The fraction of sp³-hybridized carbons (Fsp3) is 0.0870. The monoisotopic (exact) mass is 461 g/mol. The van der Waals surface area contributed by atoms with Gasteiger partial charge < -0.3 is 15.2 Å². The van der Waals surface area contributed by atoms with Crippen LogP contribution in [0.4, 0.5) is 5.13 Å². The highest BCUT2D eigenvalue weighted by molar-refractivity contribution is 7.17. The van der Waals surface area contributed by atoms with E-state index < -0.39 is 5.91 Å². The minimum atomic E-state index is -0.491. The van der Waals surface area contributed by atoms with E-state index in [1.165, 1.54) is 0 Å². The fourth-order valence-electron chi connectivity index (χ4n) is 3.07. The van der Waals surface area contributed by atoms with Crippen LogP contribution < -0.4 is 20.5 Å². The van der Waals surface area contributed by atoms with Crippen molar-refractivity contribution in [3.05, 3.63) is 83.7 Å². The van der Waals surface area contributed by atoms with Crippen LogP contribution in [0.1, 0.15) is 26.3 Å². The minimum absolute atomic E-state index is 0.226. The molecule has 0 aliphatic rings. The molecule has 2 aromatic heterocycles. The summed E-state index contributed by atoms with van der Waals surface area (Å²) >= 11 is 1.10. The number of aromatic nitrogens is 3. The van der Waals surface area contributed by atoms with E-state index in [4.69, 9.17) is 15.2 Å². The van der Waals surface area contributed by atoms with Crippen LogP contribution in [0.3, 0.4) is 0 Å². The van der Waals surface area contributed by atoms with E-state index in [2.05, 4.69) is 20.5 Å². The Morgan fingerprint density at radius 2 is 1.82 bits per heavy atom. The van der Waals surface area contributed by atoms with Crippen molar-refractivity contribution in [2.75, 3.05) is 12.4 Å². The predicted octanol–water partition coefficient (Wildman–Crippen LogP) is 3.54. The largest absolute Gasteiger partial charge is 0.496 e. The maximum absolute atomic E-state index is 13.0. The third-order valence-electron chi connectivity index (χ3n) is 4.69. The highest BCUT2D eigenvalue weighted by atomic mass is 32.1. The molecule has 0 saturated heterocycles. The smallest absolute Gasteiger partial charge is 0.296 e. The molecule has 4 aromatic rings. The molecule has 0 aliphatic carbocycles. The average Bonchev–Trinajstić information content (AvgIpc) is 3.30. The van der Waals surface area contributed by atoms with Crippen LogP contribution in [0, 0.1) is 0 Å². The molecule has 2 aromatic carbocycles. The van der Waals surface area contributed by atoms with E-state index >= 15 is 0 Å². The number of nitrogens with zero attached hydrogens (tertiary/aromatic N) is 3. The molecule has 10 heteroatoms. The summed E-state index contributed by atoms with van der Waals surface area (Å²) in [6.07, 6.45) is 3.16. The van der Waals surface area contributed by atoms with Crippen molar-refractivity contribution in [1.82, 2.24) is 15.2 Å². The maximum atomic E-state index is 13.0. The van der Waals surface area contributed by atoms with Gasteiger partial charge in [0.2, 0.25) is 11.0 Å². The third kappa shape index (κ3) is 5.13. The normalized spacial score (nSPS) is 10.5. The van der Waals surface area contributed by atoms with Gasteiger partial charge in [-0.05, 0) is 41.2 Å². The number of rotatable bonds is 8. The highest BCUT2D eigenvalue weighted by Gasteiger charge is 2.17. The number of carbonyl (C=O) groups is 2. The summed E-state index contributed by atoms with van der Waals surface area (Å²) in [6.45, 7) is 0.226. The first-order valence-corrected chi connectivity index (χ1v) is 10.6. The standard InChI is InChI=1S/C23H19N5O4S/c1-31-19-5-3-2-4-16(19)18-12-25-11-10-17(18)21(30)26-22-27-28-23(33-22)32-13-14-6-8-15(9-7-14)20(24)29/h2-12H,13H2,1H3,(H2,24,29)(H,26,27,30). The van der Waals surface area contributed by atoms with Crippen molar-refractivity contribution < 1.29 is 19.1 Å². The van der Waals surface area contributed by atoms with Crippen LogP contribution in [0.5, 0.6) is 10.9 Å². The summed E-state index contributed by atoms with van der Waals surface area (Å²) in [5.74, 6) is -0.215. The summed E-state index contributed by atoms with van der Waals surface area (Å²) in [4.78, 5) is 28.3. The van der Waals surface area contributed by atoms with E-state index in [-0.39, 0.29) is 12.5 Å². The number of ether oxygens (including phenoxy) is 2. The lowest BCUT2D eigenvalue weighted by atomic mass is 10.0. The molecular weight excluding hydrogens is 442 g/mol. The highest BCUT2D eigenvalue weighted by Crippen LogP contribution is 2.32. The Bertz CT molecular complexity index is 1290. The molecule has 2 heterocycles. The van der Waals surface area contributed by atoms with Crippen molar-refractivity contribution in [2.45, 2.75) is 6.61 Å². The van der Waals surface area contributed by atoms with Crippen LogP contribution in [0.25, 0.3) is 11.1 Å². The average molecular weight is 462 g/mol. The first-order chi connectivity index (χ1) is 16.0. The molecule has 4 rings (SSSR count). The van der Waals surface area contributed by atoms with Crippen LogP contribution in [-0.2, 0) is 6.61 Å². The second-order valence-electron chi connectivity index (χ2n) is 6.80. The number of primary amides is 1. The number of hydrogen-bond acceptors (Lipinski definition) is 8. The SMILES string of the molecule is COc1ccccc1-c1cnccc1C(=O)Nc1nnc(OCc2ccc(C(N)=O)cc2)s1. The zero-order valence-electron chi connectivity index (χ0n) is 17.5. The topological polar surface area (TPSA) is 129 Å². The number of nitrogens with two attached hydrogens (primary N) is 1. The number of benzene rings is 2. The van der Waals surface area contributed by atoms with E-state index in [1.54, 1.807) is 49.8 Å². The van der Waals surface area contributed by atoms with Crippen LogP contribution >= 0.6 is 11.3 Å². The van der Waals surface area contributed by atoms with Gasteiger partial charge in [0.05, 0.1) is 12.7 Å². The van der Waals surface area contributed by atoms with Gasteiger partial charge in [-0.3, -0.25) is 19.9 Å². The minimum Gasteiger partial charge on any atom is -0.496 e. The second-order valence-corrected chi connectivity index (χ2v) is 7.74. The molecule has 9 nitrogen and oxygen atoms in total. The number of carbonyl (C=O) groups excluding carboxylic acids is 2.